The first-order valence-electron chi connectivity index (χ1n) is 10.9. The maximum absolute atomic E-state index is 14.2. The third-order valence-electron chi connectivity index (χ3n) is 6.98. The normalized spacial score (nSPS) is 23.3. The summed E-state index contributed by atoms with van der Waals surface area (Å²) in [5.41, 5.74) is -2.59. The number of fused-ring (bicyclic) bond motifs is 1. The van der Waals surface area contributed by atoms with Crippen molar-refractivity contribution in [3.05, 3.63) is 62.1 Å². The van der Waals surface area contributed by atoms with Crippen LogP contribution in [0.2, 0.25) is 0 Å². The average molecular weight is 459 g/mol. The van der Waals surface area contributed by atoms with Crippen molar-refractivity contribution < 1.29 is 28.6 Å². The van der Waals surface area contributed by atoms with Gasteiger partial charge in [0, 0.05) is 31.6 Å². The summed E-state index contributed by atoms with van der Waals surface area (Å²) in [4.78, 5) is 40.6. The number of nitrogens with one attached hydrogen (secondary N) is 1. The lowest BCUT2D eigenvalue weighted by Crippen LogP contribution is -2.52. The number of hydrogen-bond acceptors (Lipinski definition) is 5. The minimum Gasteiger partial charge on any atom is -0.503 e. The summed E-state index contributed by atoms with van der Waals surface area (Å²) in [6, 6.07) is 2.25. The third-order valence-corrected chi connectivity index (χ3v) is 6.98. The lowest BCUT2D eigenvalue weighted by molar-refractivity contribution is 0.0549. The molecular formula is C23H23F2N3O5. The fourth-order valence-corrected chi connectivity index (χ4v) is 5.55. The van der Waals surface area contributed by atoms with Crippen molar-refractivity contribution in [1.29, 1.82) is 0 Å². The minimum absolute atomic E-state index is 0.0370. The van der Waals surface area contributed by atoms with E-state index < -0.39 is 58.4 Å². The number of carbonyl (C=O) groups excluding carboxylic acids is 2. The van der Waals surface area contributed by atoms with Gasteiger partial charge in [0.25, 0.3) is 11.8 Å². The first-order chi connectivity index (χ1) is 15.6. The number of aliphatic hydroxyl groups excluding tert-OH is 1. The Balaban J connectivity index is 1.61. The molecule has 3 aliphatic rings. The van der Waals surface area contributed by atoms with E-state index in [0.717, 1.165) is 25.0 Å². The van der Waals surface area contributed by atoms with Gasteiger partial charge in [0.15, 0.2) is 11.4 Å². The molecule has 1 aromatic carbocycles. The lowest BCUT2D eigenvalue weighted by atomic mass is 9.88. The zero-order chi connectivity index (χ0) is 23.7. The summed E-state index contributed by atoms with van der Waals surface area (Å²) in [7, 11) is 0. The molecule has 174 valence electrons. The van der Waals surface area contributed by atoms with Gasteiger partial charge in [0.05, 0.1) is 17.3 Å². The standard InChI is InChI=1S/C23H23F2N3O5/c1-11-6-13(24)12(14(25)7-11)9-26-21(32)16-17-15(29)8-23-4-2-3-5-27(10-23)22(33)18(28(17)23)20(31)19(16)30/h6-7,15,29,31H,2-5,8-10H2,1H3,(H,26,32)/t15-,23+/m1/s1. The van der Waals surface area contributed by atoms with Crippen LogP contribution in [-0.4, -0.2) is 44.6 Å². The summed E-state index contributed by atoms with van der Waals surface area (Å²) in [6.45, 7) is 1.79. The van der Waals surface area contributed by atoms with Gasteiger partial charge >= 0.3 is 0 Å². The predicted octanol–water partition coefficient (Wildman–Crippen LogP) is 1.84. The van der Waals surface area contributed by atoms with Crippen LogP contribution in [0, 0.1) is 18.6 Å². The summed E-state index contributed by atoms with van der Waals surface area (Å²) in [5.74, 6) is -4.05. The van der Waals surface area contributed by atoms with Crippen molar-refractivity contribution >= 4 is 11.8 Å². The summed E-state index contributed by atoms with van der Waals surface area (Å²) >= 11 is 0. The van der Waals surface area contributed by atoms with Gasteiger partial charge in [-0.05, 0) is 43.9 Å². The van der Waals surface area contributed by atoms with Crippen molar-refractivity contribution in [1.82, 2.24) is 14.8 Å². The molecule has 5 rings (SSSR count). The van der Waals surface area contributed by atoms with E-state index in [1.165, 1.54) is 11.5 Å². The number of pyridine rings is 1. The molecule has 0 unspecified atom stereocenters. The zero-order valence-electron chi connectivity index (χ0n) is 18.0. The molecule has 8 nitrogen and oxygen atoms in total. The maximum Gasteiger partial charge on any atom is 0.274 e. The van der Waals surface area contributed by atoms with Gasteiger partial charge < -0.3 is 25.0 Å². The molecule has 10 heteroatoms. The molecule has 0 aliphatic carbocycles. The first-order valence-corrected chi connectivity index (χ1v) is 10.9. The molecule has 4 heterocycles. The summed E-state index contributed by atoms with van der Waals surface area (Å²) in [6.07, 6.45) is 1.11. The van der Waals surface area contributed by atoms with Crippen molar-refractivity contribution in [2.75, 3.05) is 13.1 Å². The van der Waals surface area contributed by atoms with Gasteiger partial charge in [0.1, 0.15) is 17.2 Å². The van der Waals surface area contributed by atoms with Crippen molar-refractivity contribution in [3.63, 3.8) is 0 Å². The second kappa shape index (κ2) is 7.38. The number of aliphatic hydroxyl groups is 1. The lowest BCUT2D eigenvalue weighted by Gasteiger charge is -2.41. The van der Waals surface area contributed by atoms with Crippen LogP contribution in [0.3, 0.4) is 0 Å². The Kier molecular flexibility index (Phi) is 4.82. The Hall–Kier alpha value is -3.27. The van der Waals surface area contributed by atoms with E-state index in [-0.39, 0.29) is 23.4 Å². The number of aromatic hydroxyl groups is 1. The number of halogens is 2. The SMILES string of the molecule is Cc1cc(F)c(CNC(=O)c2c3n4c(c(O)c2=O)C(=O)N2CCCC[C@]4(C[C@H]3O)C2)c(F)c1. The monoisotopic (exact) mass is 459 g/mol. The molecule has 3 N–H and O–H groups in total. The molecule has 1 saturated heterocycles. The first kappa shape index (κ1) is 21.6. The van der Waals surface area contributed by atoms with Crippen LogP contribution in [0.5, 0.6) is 5.75 Å². The van der Waals surface area contributed by atoms with Crippen LogP contribution in [0.4, 0.5) is 8.78 Å². The van der Waals surface area contributed by atoms with Crippen LogP contribution < -0.4 is 10.7 Å². The Morgan fingerprint density at radius 1 is 1.24 bits per heavy atom. The minimum atomic E-state index is -1.21. The number of aryl methyl sites for hydroxylation is 1. The van der Waals surface area contributed by atoms with Crippen LogP contribution >= 0.6 is 0 Å². The molecule has 2 bridgehead atoms. The molecule has 2 aromatic rings. The number of nitrogens with zero attached hydrogens (tertiary/aromatic N) is 2. The number of carbonyl (C=O) groups is 2. The number of benzene rings is 1. The molecule has 0 radical (unpaired) electrons. The Bertz CT molecular complexity index is 1250. The zero-order valence-corrected chi connectivity index (χ0v) is 18.0. The fourth-order valence-electron chi connectivity index (χ4n) is 5.55. The van der Waals surface area contributed by atoms with Crippen LogP contribution in [-0.2, 0) is 12.1 Å². The quantitative estimate of drug-likeness (QED) is 0.649. The van der Waals surface area contributed by atoms with Gasteiger partial charge in [-0.3, -0.25) is 14.4 Å². The molecule has 33 heavy (non-hydrogen) atoms. The van der Waals surface area contributed by atoms with E-state index in [2.05, 4.69) is 5.32 Å². The topological polar surface area (TPSA) is 112 Å². The molecule has 3 aliphatic heterocycles. The number of hydrogen-bond donors (Lipinski definition) is 3. The predicted molar refractivity (Wildman–Crippen MR) is 112 cm³/mol. The maximum atomic E-state index is 14.2. The van der Waals surface area contributed by atoms with Gasteiger partial charge in [0.2, 0.25) is 5.43 Å². The van der Waals surface area contributed by atoms with Crippen LogP contribution in [0.15, 0.2) is 16.9 Å². The van der Waals surface area contributed by atoms with Crippen molar-refractivity contribution in [3.8, 4) is 5.75 Å². The summed E-state index contributed by atoms with van der Waals surface area (Å²) in [5, 5.41) is 23.9. The van der Waals surface area contributed by atoms with E-state index in [4.69, 9.17) is 0 Å². The van der Waals surface area contributed by atoms with Gasteiger partial charge in [-0.1, -0.05) is 0 Å². The van der Waals surface area contributed by atoms with Crippen molar-refractivity contribution in [2.24, 2.45) is 0 Å². The molecule has 1 spiro atoms. The fraction of sp³-hybridized carbons (Fsp3) is 0.435. The second-order valence-electron chi connectivity index (χ2n) is 9.14. The average Bonchev–Trinajstić information content (AvgIpc) is 2.90. The molecule has 2 amide bonds. The molecule has 2 atom stereocenters. The van der Waals surface area contributed by atoms with Gasteiger partial charge in [-0.2, -0.15) is 0 Å². The van der Waals surface area contributed by atoms with Crippen LogP contribution in [0.1, 0.15) is 69.5 Å². The molecule has 1 aromatic heterocycles. The second-order valence-corrected chi connectivity index (χ2v) is 9.14. The van der Waals surface area contributed by atoms with Gasteiger partial charge in [-0.15, -0.1) is 0 Å². The van der Waals surface area contributed by atoms with Gasteiger partial charge in [-0.25, -0.2) is 8.78 Å². The number of amides is 2. The van der Waals surface area contributed by atoms with E-state index in [0.29, 0.717) is 25.1 Å². The third kappa shape index (κ3) is 3.07. The van der Waals surface area contributed by atoms with Crippen molar-refractivity contribution in [2.45, 2.75) is 50.8 Å². The van der Waals surface area contributed by atoms with E-state index in [1.807, 2.05) is 0 Å². The largest absolute Gasteiger partial charge is 0.503 e. The molecule has 1 fully saturated rings. The highest BCUT2D eigenvalue weighted by molar-refractivity contribution is 6.00. The molecule has 0 saturated carbocycles. The highest BCUT2D eigenvalue weighted by Crippen LogP contribution is 2.49. The Labute approximate surface area is 187 Å². The smallest absolute Gasteiger partial charge is 0.274 e. The van der Waals surface area contributed by atoms with E-state index >= 15 is 0 Å². The Morgan fingerprint density at radius 3 is 2.64 bits per heavy atom. The summed E-state index contributed by atoms with van der Waals surface area (Å²) < 4.78 is 29.8. The van der Waals surface area contributed by atoms with E-state index in [1.54, 1.807) is 4.90 Å². The highest BCUT2D eigenvalue weighted by atomic mass is 19.1. The van der Waals surface area contributed by atoms with E-state index in [9.17, 15) is 33.4 Å². The molecular weight excluding hydrogens is 436 g/mol. The highest BCUT2D eigenvalue weighted by Gasteiger charge is 2.53. The van der Waals surface area contributed by atoms with Crippen LogP contribution in [0.25, 0.3) is 0 Å². The Morgan fingerprint density at radius 2 is 1.94 bits per heavy atom. The number of rotatable bonds is 3. The number of aromatic nitrogens is 1.